The Balaban J connectivity index is 2.23. The van der Waals surface area contributed by atoms with Crippen LogP contribution in [0.2, 0.25) is 0 Å². The summed E-state index contributed by atoms with van der Waals surface area (Å²) in [5.74, 6) is 1.87. The third kappa shape index (κ3) is 1.25. The maximum atomic E-state index is 5.59. The number of imidazole rings is 1. The van der Waals surface area contributed by atoms with Crippen molar-refractivity contribution < 1.29 is 4.42 Å². The number of aryl methyl sites for hydroxylation is 1. The molecule has 0 aromatic carbocycles. The van der Waals surface area contributed by atoms with E-state index in [1.807, 2.05) is 19.1 Å². The van der Waals surface area contributed by atoms with Gasteiger partial charge in [0.25, 0.3) is 0 Å². The summed E-state index contributed by atoms with van der Waals surface area (Å²) in [6, 6.07) is 5.48. The number of nitrogens with zero attached hydrogens (tertiary/aromatic N) is 2. The van der Waals surface area contributed by atoms with E-state index >= 15 is 0 Å². The van der Waals surface area contributed by atoms with Crippen molar-refractivity contribution >= 4 is 17.0 Å². The van der Waals surface area contributed by atoms with Crippen LogP contribution in [0.5, 0.6) is 0 Å². The number of hydrogen-bond donors (Lipinski definition) is 2. The van der Waals surface area contributed by atoms with Gasteiger partial charge in [-0.1, -0.05) is 0 Å². The SMILES string of the molecule is Cc1ccoc1-c1nc2nc(N)ccc2[nH]1. The Kier molecular flexibility index (Phi) is 1.73. The topological polar surface area (TPSA) is 80.7 Å². The molecule has 0 saturated heterocycles. The van der Waals surface area contributed by atoms with Gasteiger partial charge < -0.3 is 15.1 Å². The average Bonchev–Trinajstić information content (AvgIpc) is 2.82. The van der Waals surface area contributed by atoms with Crippen LogP contribution in [-0.2, 0) is 0 Å². The molecule has 3 rings (SSSR count). The minimum atomic E-state index is 0.460. The largest absolute Gasteiger partial charge is 0.461 e. The van der Waals surface area contributed by atoms with Crippen LogP contribution in [-0.4, -0.2) is 15.0 Å². The minimum absolute atomic E-state index is 0.460. The van der Waals surface area contributed by atoms with Crippen molar-refractivity contribution in [2.24, 2.45) is 0 Å². The molecule has 3 aromatic rings. The van der Waals surface area contributed by atoms with Crippen molar-refractivity contribution in [1.29, 1.82) is 0 Å². The molecule has 16 heavy (non-hydrogen) atoms. The lowest BCUT2D eigenvalue weighted by Gasteiger charge is -1.90. The minimum Gasteiger partial charge on any atom is -0.461 e. The van der Waals surface area contributed by atoms with E-state index in [1.165, 1.54) is 0 Å². The van der Waals surface area contributed by atoms with E-state index in [9.17, 15) is 0 Å². The predicted octanol–water partition coefficient (Wildman–Crippen LogP) is 2.11. The summed E-state index contributed by atoms with van der Waals surface area (Å²) >= 11 is 0. The van der Waals surface area contributed by atoms with Gasteiger partial charge in [-0.3, -0.25) is 0 Å². The molecule has 3 heterocycles. The van der Waals surface area contributed by atoms with Crippen LogP contribution in [0.25, 0.3) is 22.7 Å². The van der Waals surface area contributed by atoms with Gasteiger partial charge in [0.2, 0.25) is 0 Å². The Morgan fingerprint density at radius 3 is 2.88 bits per heavy atom. The Hall–Kier alpha value is -2.30. The van der Waals surface area contributed by atoms with Crippen LogP contribution < -0.4 is 5.73 Å². The fourth-order valence-corrected chi connectivity index (χ4v) is 1.63. The average molecular weight is 214 g/mol. The lowest BCUT2D eigenvalue weighted by molar-refractivity contribution is 0.577. The monoisotopic (exact) mass is 214 g/mol. The first-order chi connectivity index (χ1) is 7.74. The number of furan rings is 1. The number of hydrogen-bond acceptors (Lipinski definition) is 4. The fourth-order valence-electron chi connectivity index (χ4n) is 1.63. The number of fused-ring (bicyclic) bond motifs is 1. The van der Waals surface area contributed by atoms with E-state index < -0.39 is 0 Å². The highest BCUT2D eigenvalue weighted by molar-refractivity contribution is 5.76. The molecule has 3 N–H and O–H groups in total. The van der Waals surface area contributed by atoms with E-state index in [-0.39, 0.29) is 0 Å². The van der Waals surface area contributed by atoms with Crippen LogP contribution in [0.3, 0.4) is 0 Å². The molecule has 0 fully saturated rings. The molecule has 80 valence electrons. The number of anilines is 1. The first kappa shape index (κ1) is 8.96. The molecule has 5 nitrogen and oxygen atoms in total. The van der Waals surface area contributed by atoms with Gasteiger partial charge in [0.1, 0.15) is 5.82 Å². The van der Waals surface area contributed by atoms with E-state index in [1.54, 1.807) is 12.3 Å². The number of pyridine rings is 1. The highest BCUT2D eigenvalue weighted by Gasteiger charge is 2.11. The third-order valence-corrected chi connectivity index (χ3v) is 2.44. The summed E-state index contributed by atoms with van der Waals surface area (Å²) in [6.45, 7) is 1.97. The molecule has 0 aliphatic rings. The molecular weight excluding hydrogens is 204 g/mol. The molecule has 0 aliphatic carbocycles. The number of nitrogens with two attached hydrogens (primary N) is 1. The normalized spacial score (nSPS) is 11.1. The van der Waals surface area contributed by atoms with Crippen molar-refractivity contribution in [3.05, 3.63) is 30.0 Å². The molecule has 0 saturated carbocycles. The lowest BCUT2D eigenvalue weighted by Crippen LogP contribution is -1.88. The summed E-state index contributed by atoms with van der Waals surface area (Å²) in [6.07, 6.45) is 1.64. The standard InChI is InChI=1S/C11H10N4O/c1-6-4-5-16-9(6)11-13-7-2-3-8(12)14-10(7)15-11/h2-5H,1H3,(H3,12,13,14,15). The van der Waals surface area contributed by atoms with Gasteiger partial charge in [0.15, 0.2) is 17.2 Å². The van der Waals surface area contributed by atoms with Gasteiger partial charge in [-0.05, 0) is 30.7 Å². The van der Waals surface area contributed by atoms with E-state index in [0.29, 0.717) is 17.3 Å². The van der Waals surface area contributed by atoms with Crippen molar-refractivity contribution in [1.82, 2.24) is 15.0 Å². The molecule has 0 radical (unpaired) electrons. The molecule has 0 aliphatic heterocycles. The van der Waals surface area contributed by atoms with Gasteiger partial charge in [0.05, 0.1) is 11.8 Å². The fraction of sp³-hybridized carbons (Fsp3) is 0.0909. The van der Waals surface area contributed by atoms with Gasteiger partial charge in [-0.15, -0.1) is 0 Å². The first-order valence-electron chi connectivity index (χ1n) is 4.91. The van der Waals surface area contributed by atoms with E-state index in [4.69, 9.17) is 10.2 Å². The Labute approximate surface area is 91.3 Å². The first-order valence-corrected chi connectivity index (χ1v) is 4.91. The number of aromatic nitrogens is 3. The molecule has 3 aromatic heterocycles. The summed E-state index contributed by atoms with van der Waals surface area (Å²) in [5.41, 5.74) is 8.08. The second kappa shape index (κ2) is 3.10. The quantitative estimate of drug-likeness (QED) is 0.650. The zero-order valence-electron chi connectivity index (χ0n) is 8.69. The molecule has 0 spiro atoms. The van der Waals surface area contributed by atoms with Gasteiger partial charge in [0, 0.05) is 0 Å². The zero-order chi connectivity index (χ0) is 11.1. The number of aromatic amines is 1. The summed E-state index contributed by atoms with van der Waals surface area (Å²) < 4.78 is 5.36. The van der Waals surface area contributed by atoms with Crippen molar-refractivity contribution in [2.45, 2.75) is 6.92 Å². The summed E-state index contributed by atoms with van der Waals surface area (Å²) in [7, 11) is 0. The van der Waals surface area contributed by atoms with Crippen LogP contribution in [0.15, 0.2) is 28.9 Å². The van der Waals surface area contributed by atoms with Gasteiger partial charge in [-0.2, -0.15) is 0 Å². The van der Waals surface area contributed by atoms with E-state index in [2.05, 4.69) is 15.0 Å². The Morgan fingerprint density at radius 1 is 1.25 bits per heavy atom. The highest BCUT2D eigenvalue weighted by Crippen LogP contribution is 2.23. The Bertz CT molecular complexity index is 653. The second-order valence-corrected chi connectivity index (χ2v) is 3.63. The summed E-state index contributed by atoms with van der Waals surface area (Å²) in [5, 5.41) is 0. The number of nitrogen functional groups attached to an aromatic ring is 1. The third-order valence-electron chi connectivity index (χ3n) is 2.44. The number of nitrogens with one attached hydrogen (secondary N) is 1. The smallest absolute Gasteiger partial charge is 0.180 e. The predicted molar refractivity (Wildman–Crippen MR) is 60.7 cm³/mol. The zero-order valence-corrected chi connectivity index (χ0v) is 8.69. The molecular formula is C11H10N4O. The van der Waals surface area contributed by atoms with Crippen LogP contribution in [0.4, 0.5) is 5.82 Å². The number of H-pyrrole nitrogens is 1. The van der Waals surface area contributed by atoms with Crippen molar-refractivity contribution in [2.75, 3.05) is 5.73 Å². The van der Waals surface area contributed by atoms with Crippen LogP contribution in [0, 0.1) is 6.92 Å². The maximum Gasteiger partial charge on any atom is 0.180 e. The Morgan fingerprint density at radius 2 is 2.12 bits per heavy atom. The molecule has 0 bridgehead atoms. The van der Waals surface area contributed by atoms with E-state index in [0.717, 1.165) is 16.8 Å². The van der Waals surface area contributed by atoms with Gasteiger partial charge in [-0.25, -0.2) is 9.97 Å². The van der Waals surface area contributed by atoms with Crippen molar-refractivity contribution in [3.63, 3.8) is 0 Å². The van der Waals surface area contributed by atoms with Crippen LogP contribution in [0.1, 0.15) is 5.56 Å². The molecule has 5 heteroatoms. The molecule has 0 amide bonds. The van der Waals surface area contributed by atoms with Crippen LogP contribution >= 0.6 is 0 Å². The molecule has 0 atom stereocenters. The molecule has 0 unspecified atom stereocenters. The summed E-state index contributed by atoms with van der Waals surface area (Å²) in [4.78, 5) is 11.6. The highest BCUT2D eigenvalue weighted by atomic mass is 16.3. The number of rotatable bonds is 1. The second-order valence-electron chi connectivity index (χ2n) is 3.63. The van der Waals surface area contributed by atoms with Gasteiger partial charge >= 0.3 is 0 Å². The lowest BCUT2D eigenvalue weighted by atomic mass is 10.3. The van der Waals surface area contributed by atoms with Crippen molar-refractivity contribution in [3.8, 4) is 11.6 Å². The maximum absolute atomic E-state index is 5.59.